The van der Waals surface area contributed by atoms with Gasteiger partial charge in [-0.05, 0) is 41.4 Å². The largest absolute Gasteiger partial charge is 0.490 e. The number of rotatable bonds is 7. The quantitative estimate of drug-likeness (QED) is 0.807. The number of hydrogen-bond acceptors (Lipinski definition) is 5. The average molecular weight is 352 g/mol. The second-order valence-electron chi connectivity index (χ2n) is 4.26. The number of ether oxygens (including phenoxy) is 2. The van der Waals surface area contributed by atoms with Crippen LogP contribution in [-0.2, 0) is 0 Å². The number of para-hydroxylation sites is 2. The third kappa shape index (κ3) is 4.32. The number of nitrogens with one attached hydrogen (secondary N) is 1. The maximum atomic E-state index is 5.85. The first-order valence-electron chi connectivity index (χ1n) is 6.90. The minimum absolute atomic E-state index is 0.454. The van der Waals surface area contributed by atoms with Crippen molar-refractivity contribution in [1.82, 2.24) is 9.97 Å². The average Bonchev–Trinajstić information content (AvgIpc) is 2.50. The van der Waals surface area contributed by atoms with Crippen molar-refractivity contribution in [1.29, 1.82) is 0 Å². The Morgan fingerprint density at radius 3 is 2.67 bits per heavy atom. The molecule has 2 aromatic rings. The maximum absolute atomic E-state index is 5.85. The summed E-state index contributed by atoms with van der Waals surface area (Å²) in [7, 11) is 0. The lowest BCUT2D eigenvalue weighted by molar-refractivity contribution is 0.319. The highest BCUT2D eigenvalue weighted by Crippen LogP contribution is 2.33. The van der Waals surface area contributed by atoms with Gasteiger partial charge in [-0.25, -0.2) is 4.98 Å². The van der Waals surface area contributed by atoms with Crippen molar-refractivity contribution in [2.75, 3.05) is 18.5 Å². The van der Waals surface area contributed by atoms with Crippen molar-refractivity contribution in [3.8, 4) is 17.4 Å². The fraction of sp³-hybridized carbons (Fsp3) is 0.333. The summed E-state index contributed by atoms with van der Waals surface area (Å²) in [5.41, 5.74) is 0. The van der Waals surface area contributed by atoms with Crippen LogP contribution in [0, 0.1) is 0 Å². The Balaban J connectivity index is 2.22. The minimum Gasteiger partial charge on any atom is -0.490 e. The van der Waals surface area contributed by atoms with Crippen molar-refractivity contribution in [2.24, 2.45) is 0 Å². The lowest BCUT2D eigenvalue weighted by atomic mass is 10.3. The number of aromatic nitrogens is 2. The van der Waals surface area contributed by atoms with Gasteiger partial charge in [-0.1, -0.05) is 19.1 Å². The summed E-state index contributed by atoms with van der Waals surface area (Å²) in [6.45, 7) is 5.41. The van der Waals surface area contributed by atoms with Gasteiger partial charge in [0.2, 0.25) is 11.8 Å². The van der Waals surface area contributed by atoms with Gasteiger partial charge < -0.3 is 14.8 Å². The first-order chi connectivity index (χ1) is 10.2. The number of halogens is 1. The molecule has 0 radical (unpaired) electrons. The van der Waals surface area contributed by atoms with Crippen LogP contribution in [0.25, 0.3) is 0 Å². The van der Waals surface area contributed by atoms with E-state index in [9.17, 15) is 0 Å². The summed E-state index contributed by atoms with van der Waals surface area (Å²) in [6.07, 6.45) is 2.67. The molecule has 0 aliphatic rings. The predicted molar refractivity (Wildman–Crippen MR) is 86.2 cm³/mol. The Labute approximate surface area is 132 Å². The highest BCUT2D eigenvalue weighted by atomic mass is 79.9. The molecule has 2 rings (SSSR count). The van der Waals surface area contributed by atoms with Gasteiger partial charge in [-0.15, -0.1) is 0 Å². The predicted octanol–water partition coefficient (Wildman–Crippen LogP) is 4.25. The van der Waals surface area contributed by atoms with Gasteiger partial charge in [0.05, 0.1) is 17.3 Å². The number of anilines is 1. The van der Waals surface area contributed by atoms with Crippen LogP contribution < -0.4 is 14.8 Å². The van der Waals surface area contributed by atoms with E-state index in [0.717, 1.165) is 13.0 Å². The van der Waals surface area contributed by atoms with E-state index in [1.165, 1.54) is 0 Å². The van der Waals surface area contributed by atoms with Crippen LogP contribution in [0.5, 0.6) is 17.4 Å². The molecule has 0 spiro atoms. The van der Waals surface area contributed by atoms with E-state index in [4.69, 9.17) is 9.47 Å². The molecule has 0 atom stereocenters. The van der Waals surface area contributed by atoms with E-state index in [2.05, 4.69) is 38.1 Å². The number of benzene rings is 1. The summed E-state index contributed by atoms with van der Waals surface area (Å²) in [5.74, 6) is 2.31. The Morgan fingerprint density at radius 1 is 1.19 bits per heavy atom. The smallest absolute Gasteiger partial charge is 0.238 e. The van der Waals surface area contributed by atoms with E-state index in [1.54, 1.807) is 6.20 Å². The molecule has 0 amide bonds. The number of nitrogens with zero attached hydrogens (tertiary/aromatic N) is 2. The van der Waals surface area contributed by atoms with Crippen molar-refractivity contribution < 1.29 is 9.47 Å². The van der Waals surface area contributed by atoms with Crippen LogP contribution in [0.3, 0.4) is 0 Å². The Kier molecular flexibility index (Phi) is 5.80. The van der Waals surface area contributed by atoms with Crippen LogP contribution in [0.4, 0.5) is 5.95 Å². The molecule has 21 heavy (non-hydrogen) atoms. The molecule has 0 bridgehead atoms. The minimum atomic E-state index is 0.454. The fourth-order valence-corrected chi connectivity index (χ4v) is 1.93. The van der Waals surface area contributed by atoms with Crippen LogP contribution in [0.15, 0.2) is 34.9 Å². The molecule has 5 nitrogen and oxygen atoms in total. The zero-order valence-corrected chi connectivity index (χ0v) is 13.7. The van der Waals surface area contributed by atoms with E-state index in [0.29, 0.717) is 34.4 Å². The van der Waals surface area contributed by atoms with Gasteiger partial charge in [0.25, 0.3) is 0 Å². The van der Waals surface area contributed by atoms with Gasteiger partial charge in [0.15, 0.2) is 11.5 Å². The van der Waals surface area contributed by atoms with E-state index in [1.807, 2.05) is 31.2 Å². The fourth-order valence-electron chi connectivity index (χ4n) is 1.66. The van der Waals surface area contributed by atoms with Gasteiger partial charge in [-0.2, -0.15) is 4.98 Å². The first-order valence-corrected chi connectivity index (χ1v) is 7.70. The van der Waals surface area contributed by atoms with E-state index >= 15 is 0 Å². The van der Waals surface area contributed by atoms with Crippen LogP contribution in [0.2, 0.25) is 0 Å². The highest BCUT2D eigenvalue weighted by molar-refractivity contribution is 9.10. The molecule has 1 N–H and O–H groups in total. The normalized spacial score (nSPS) is 10.2. The van der Waals surface area contributed by atoms with Crippen molar-refractivity contribution in [3.05, 3.63) is 34.9 Å². The second-order valence-corrected chi connectivity index (χ2v) is 5.11. The maximum Gasteiger partial charge on any atom is 0.238 e. The molecule has 112 valence electrons. The SMILES string of the molecule is CCCNc1ncc(Br)c(Oc2ccccc2OCC)n1. The summed E-state index contributed by atoms with van der Waals surface area (Å²) >= 11 is 3.40. The van der Waals surface area contributed by atoms with Gasteiger partial charge in [0.1, 0.15) is 0 Å². The zero-order valence-electron chi connectivity index (χ0n) is 12.1. The lowest BCUT2D eigenvalue weighted by Crippen LogP contribution is -2.05. The highest BCUT2D eigenvalue weighted by Gasteiger charge is 2.11. The third-order valence-electron chi connectivity index (χ3n) is 2.60. The molecule has 0 aliphatic carbocycles. The molecular formula is C15H18BrN3O2. The first kappa shape index (κ1) is 15.6. The summed E-state index contributed by atoms with van der Waals surface area (Å²) < 4.78 is 12.1. The molecule has 0 fully saturated rings. The van der Waals surface area contributed by atoms with Crippen molar-refractivity contribution in [3.63, 3.8) is 0 Å². The zero-order chi connectivity index (χ0) is 15.1. The Hall–Kier alpha value is -1.82. The molecular weight excluding hydrogens is 334 g/mol. The van der Waals surface area contributed by atoms with Gasteiger partial charge >= 0.3 is 0 Å². The molecule has 0 aliphatic heterocycles. The van der Waals surface area contributed by atoms with Gasteiger partial charge in [0, 0.05) is 6.54 Å². The second kappa shape index (κ2) is 7.83. The van der Waals surface area contributed by atoms with E-state index < -0.39 is 0 Å². The Morgan fingerprint density at radius 2 is 1.95 bits per heavy atom. The summed E-state index contributed by atoms with van der Waals surface area (Å²) in [6, 6.07) is 7.51. The van der Waals surface area contributed by atoms with Crippen molar-refractivity contribution in [2.45, 2.75) is 20.3 Å². The number of hydrogen-bond donors (Lipinski definition) is 1. The van der Waals surface area contributed by atoms with Crippen LogP contribution >= 0.6 is 15.9 Å². The molecule has 1 heterocycles. The molecule has 1 aromatic carbocycles. The molecule has 0 unspecified atom stereocenters. The lowest BCUT2D eigenvalue weighted by Gasteiger charge is -2.12. The molecule has 0 saturated carbocycles. The summed E-state index contributed by atoms with van der Waals surface area (Å²) in [4.78, 5) is 8.56. The van der Waals surface area contributed by atoms with Gasteiger partial charge in [-0.3, -0.25) is 0 Å². The topological polar surface area (TPSA) is 56.3 Å². The standard InChI is InChI=1S/C15H18BrN3O2/c1-3-9-17-15-18-10-11(16)14(19-15)21-13-8-6-5-7-12(13)20-4-2/h5-8,10H,3-4,9H2,1-2H3,(H,17,18,19). The van der Waals surface area contributed by atoms with Crippen LogP contribution in [-0.4, -0.2) is 23.1 Å². The van der Waals surface area contributed by atoms with Crippen LogP contribution in [0.1, 0.15) is 20.3 Å². The molecule has 0 saturated heterocycles. The molecule has 1 aromatic heterocycles. The monoisotopic (exact) mass is 351 g/mol. The third-order valence-corrected chi connectivity index (χ3v) is 3.14. The van der Waals surface area contributed by atoms with E-state index in [-0.39, 0.29) is 0 Å². The van der Waals surface area contributed by atoms with Crippen molar-refractivity contribution >= 4 is 21.9 Å². The summed E-state index contributed by atoms with van der Waals surface area (Å²) in [5, 5.41) is 3.13. The Bertz CT molecular complexity index is 593. The molecule has 6 heteroatoms.